The Morgan fingerprint density at radius 3 is 2.61 bits per heavy atom. The molecule has 0 bridgehead atoms. The van der Waals surface area contributed by atoms with Gasteiger partial charge in [0.1, 0.15) is 0 Å². The quantitative estimate of drug-likeness (QED) is 0.731. The summed E-state index contributed by atoms with van der Waals surface area (Å²) in [7, 11) is 0. The largest absolute Gasteiger partial charge is 0.348 e. The molecule has 1 fully saturated rings. The van der Waals surface area contributed by atoms with Crippen molar-refractivity contribution < 1.29 is 9.59 Å². The van der Waals surface area contributed by atoms with Gasteiger partial charge in [-0.2, -0.15) is 4.68 Å². The molecule has 2 amide bonds. The molecule has 1 aliphatic rings. The highest BCUT2D eigenvalue weighted by Gasteiger charge is 2.35. The van der Waals surface area contributed by atoms with Gasteiger partial charge < -0.3 is 10.2 Å². The van der Waals surface area contributed by atoms with Crippen LogP contribution in [0.4, 0.5) is 5.69 Å². The van der Waals surface area contributed by atoms with Crippen LogP contribution in [0.2, 0.25) is 0 Å². The van der Waals surface area contributed by atoms with Gasteiger partial charge in [-0.05, 0) is 41.6 Å². The smallest absolute Gasteiger partial charge is 0.227 e. The van der Waals surface area contributed by atoms with Crippen LogP contribution < -0.4 is 10.2 Å². The highest BCUT2D eigenvalue weighted by molar-refractivity contribution is 6.00. The summed E-state index contributed by atoms with van der Waals surface area (Å²) in [6.45, 7) is 2.56. The first-order valence-corrected chi connectivity index (χ1v) is 9.09. The van der Waals surface area contributed by atoms with Crippen LogP contribution in [0.5, 0.6) is 0 Å². The normalized spacial score (nSPS) is 16.4. The minimum Gasteiger partial charge on any atom is -0.348 e. The molecule has 142 valence electrons. The number of aromatic nitrogens is 4. The number of carbonyl (C=O) groups is 2. The van der Waals surface area contributed by atoms with Crippen LogP contribution in [0, 0.1) is 12.8 Å². The molecule has 0 spiro atoms. The highest BCUT2D eigenvalue weighted by Crippen LogP contribution is 2.25. The Kier molecular flexibility index (Phi) is 4.84. The van der Waals surface area contributed by atoms with E-state index >= 15 is 0 Å². The van der Waals surface area contributed by atoms with Crippen molar-refractivity contribution in [2.45, 2.75) is 19.9 Å². The molecule has 3 aromatic rings. The summed E-state index contributed by atoms with van der Waals surface area (Å²) >= 11 is 0. The number of benzene rings is 2. The number of rotatable bonds is 5. The van der Waals surface area contributed by atoms with E-state index in [4.69, 9.17) is 0 Å². The zero-order valence-electron chi connectivity index (χ0n) is 15.4. The Labute approximate surface area is 162 Å². The number of para-hydroxylation sites is 1. The predicted octanol–water partition coefficient (Wildman–Crippen LogP) is 1.64. The predicted molar refractivity (Wildman–Crippen MR) is 103 cm³/mol. The minimum absolute atomic E-state index is 0.0434. The summed E-state index contributed by atoms with van der Waals surface area (Å²) in [4.78, 5) is 26.6. The van der Waals surface area contributed by atoms with Gasteiger partial charge in [0, 0.05) is 18.7 Å². The Bertz CT molecular complexity index is 983. The molecule has 1 saturated heterocycles. The summed E-state index contributed by atoms with van der Waals surface area (Å²) in [6, 6.07) is 17.2. The fraction of sp³-hybridized carbons (Fsp3) is 0.250. The van der Waals surface area contributed by atoms with Gasteiger partial charge in [-0.15, -0.1) is 5.10 Å². The summed E-state index contributed by atoms with van der Waals surface area (Å²) in [5.74, 6) is -0.0854. The molecular weight excluding hydrogens is 356 g/mol. The van der Waals surface area contributed by atoms with Crippen molar-refractivity contribution in [3.8, 4) is 5.69 Å². The molecule has 0 aliphatic carbocycles. The molecule has 1 aromatic heterocycles. The first-order valence-electron chi connectivity index (χ1n) is 9.09. The molecule has 28 heavy (non-hydrogen) atoms. The van der Waals surface area contributed by atoms with Gasteiger partial charge >= 0.3 is 0 Å². The maximum atomic E-state index is 12.6. The lowest BCUT2D eigenvalue weighted by molar-refractivity contribution is -0.126. The number of amides is 2. The Morgan fingerprint density at radius 1 is 1.11 bits per heavy atom. The molecule has 0 unspecified atom stereocenters. The Hall–Kier alpha value is -3.55. The number of tetrazole rings is 1. The van der Waals surface area contributed by atoms with Crippen molar-refractivity contribution >= 4 is 17.5 Å². The molecule has 8 heteroatoms. The number of hydrogen-bond acceptors (Lipinski definition) is 5. The first kappa shape index (κ1) is 17.8. The molecule has 2 aromatic carbocycles. The maximum Gasteiger partial charge on any atom is 0.227 e. The van der Waals surface area contributed by atoms with Gasteiger partial charge in [0.25, 0.3) is 0 Å². The van der Waals surface area contributed by atoms with Gasteiger partial charge in [-0.1, -0.05) is 35.9 Å². The summed E-state index contributed by atoms with van der Waals surface area (Å²) < 4.78 is 1.58. The van der Waals surface area contributed by atoms with E-state index < -0.39 is 5.92 Å². The topological polar surface area (TPSA) is 93.0 Å². The first-order chi connectivity index (χ1) is 13.6. The van der Waals surface area contributed by atoms with Crippen molar-refractivity contribution in [1.29, 1.82) is 0 Å². The number of hydrogen-bond donors (Lipinski definition) is 1. The number of nitrogens with one attached hydrogen (secondary N) is 1. The lowest BCUT2D eigenvalue weighted by atomic mass is 10.1. The summed E-state index contributed by atoms with van der Waals surface area (Å²) in [5, 5.41) is 14.5. The zero-order valence-corrected chi connectivity index (χ0v) is 15.4. The van der Waals surface area contributed by atoms with E-state index in [-0.39, 0.29) is 24.8 Å². The third-order valence-corrected chi connectivity index (χ3v) is 4.80. The zero-order chi connectivity index (χ0) is 19.5. The molecule has 0 saturated carbocycles. The van der Waals surface area contributed by atoms with Crippen LogP contribution in [0.3, 0.4) is 0 Å². The molecular formula is C20H20N6O2. The van der Waals surface area contributed by atoms with Gasteiger partial charge in [0.05, 0.1) is 18.2 Å². The van der Waals surface area contributed by atoms with E-state index in [1.807, 2.05) is 61.5 Å². The standard InChI is InChI=1S/C20H20N6O2/c1-14-7-9-16(10-8-14)25-13-15(11-19(25)27)20(28)21-12-18-22-23-24-26(18)17-5-3-2-4-6-17/h2-10,15H,11-13H2,1H3,(H,21,28)/t15-/m1/s1. The number of aryl methyl sites for hydroxylation is 1. The van der Waals surface area contributed by atoms with E-state index in [0.29, 0.717) is 12.4 Å². The molecule has 1 aliphatic heterocycles. The Morgan fingerprint density at radius 2 is 1.86 bits per heavy atom. The fourth-order valence-corrected chi connectivity index (χ4v) is 3.25. The molecule has 2 heterocycles. The SMILES string of the molecule is Cc1ccc(N2C[C@H](C(=O)NCc3nnnn3-c3ccccc3)CC2=O)cc1. The number of nitrogens with zero attached hydrogens (tertiary/aromatic N) is 5. The third-order valence-electron chi connectivity index (χ3n) is 4.80. The number of anilines is 1. The lowest BCUT2D eigenvalue weighted by Crippen LogP contribution is -2.33. The second-order valence-electron chi connectivity index (χ2n) is 6.80. The number of carbonyl (C=O) groups excluding carboxylic acids is 2. The monoisotopic (exact) mass is 376 g/mol. The van der Waals surface area contributed by atoms with Crippen LogP contribution in [0.25, 0.3) is 5.69 Å². The van der Waals surface area contributed by atoms with Crippen LogP contribution in [-0.4, -0.2) is 38.6 Å². The van der Waals surface area contributed by atoms with E-state index in [2.05, 4.69) is 20.8 Å². The molecule has 8 nitrogen and oxygen atoms in total. The molecule has 0 radical (unpaired) electrons. The van der Waals surface area contributed by atoms with Gasteiger partial charge in [0.15, 0.2) is 5.82 Å². The van der Waals surface area contributed by atoms with Crippen molar-refractivity contribution in [2.75, 3.05) is 11.4 Å². The van der Waals surface area contributed by atoms with Crippen molar-refractivity contribution in [2.24, 2.45) is 5.92 Å². The lowest BCUT2D eigenvalue weighted by Gasteiger charge is -2.17. The molecule has 1 atom stereocenters. The van der Waals surface area contributed by atoms with Gasteiger partial charge in [-0.25, -0.2) is 0 Å². The van der Waals surface area contributed by atoms with Crippen LogP contribution >= 0.6 is 0 Å². The van der Waals surface area contributed by atoms with E-state index in [9.17, 15) is 9.59 Å². The Balaban J connectivity index is 1.40. The van der Waals surface area contributed by atoms with Gasteiger partial charge in [-0.3, -0.25) is 9.59 Å². The fourth-order valence-electron chi connectivity index (χ4n) is 3.25. The van der Waals surface area contributed by atoms with Crippen molar-refractivity contribution in [1.82, 2.24) is 25.5 Å². The van der Waals surface area contributed by atoms with E-state index in [1.165, 1.54) is 0 Å². The average molecular weight is 376 g/mol. The van der Waals surface area contributed by atoms with Crippen molar-refractivity contribution in [3.63, 3.8) is 0 Å². The second kappa shape index (κ2) is 7.59. The van der Waals surface area contributed by atoms with Crippen LogP contribution in [0.1, 0.15) is 17.8 Å². The highest BCUT2D eigenvalue weighted by atomic mass is 16.2. The van der Waals surface area contributed by atoms with E-state index in [1.54, 1.807) is 9.58 Å². The molecule has 1 N–H and O–H groups in total. The summed E-state index contributed by atoms with van der Waals surface area (Å²) in [5.41, 5.74) is 2.76. The minimum atomic E-state index is -0.394. The van der Waals surface area contributed by atoms with Gasteiger partial charge in [0.2, 0.25) is 11.8 Å². The molecule has 4 rings (SSSR count). The van der Waals surface area contributed by atoms with Crippen molar-refractivity contribution in [3.05, 3.63) is 66.0 Å². The maximum absolute atomic E-state index is 12.6. The van der Waals surface area contributed by atoms with E-state index in [0.717, 1.165) is 16.9 Å². The van der Waals surface area contributed by atoms with Crippen LogP contribution in [-0.2, 0) is 16.1 Å². The van der Waals surface area contributed by atoms with Crippen LogP contribution in [0.15, 0.2) is 54.6 Å². The second-order valence-corrected chi connectivity index (χ2v) is 6.80. The average Bonchev–Trinajstić information content (AvgIpc) is 3.34. The third kappa shape index (κ3) is 3.62. The summed E-state index contributed by atoms with van der Waals surface area (Å²) in [6.07, 6.45) is 0.198.